The molecule has 1 aliphatic heterocycles. The highest BCUT2D eigenvalue weighted by molar-refractivity contribution is 7.92. The summed E-state index contributed by atoms with van der Waals surface area (Å²) in [5, 5.41) is 0.946. The maximum absolute atomic E-state index is 11.8. The van der Waals surface area contributed by atoms with E-state index in [0.717, 1.165) is 48.0 Å². The van der Waals surface area contributed by atoms with E-state index >= 15 is 0 Å². The quantitative estimate of drug-likeness (QED) is 0.825. The van der Waals surface area contributed by atoms with Crippen molar-refractivity contribution in [2.75, 3.05) is 18.0 Å². The van der Waals surface area contributed by atoms with Crippen LogP contribution in [0, 0.1) is 0 Å². The average molecular weight is 375 g/mol. The number of piperidine rings is 1. The number of nitrogens with two attached hydrogens (primary N) is 1. The molecule has 0 saturated carbocycles. The third-order valence-electron chi connectivity index (χ3n) is 5.33. The number of allylic oxidation sites excluding steroid dienone is 2. The predicted octanol–water partition coefficient (Wildman–Crippen LogP) is 2.17. The second-order valence-corrected chi connectivity index (χ2v) is 8.71. The van der Waals surface area contributed by atoms with Crippen LogP contribution in [-0.4, -0.2) is 33.5 Å². The van der Waals surface area contributed by atoms with Gasteiger partial charge in [0.15, 0.2) is 0 Å². The number of hydrogen-bond donors (Lipinski definition) is 2. The van der Waals surface area contributed by atoms with Crippen molar-refractivity contribution >= 4 is 27.2 Å². The highest BCUT2D eigenvalue weighted by Crippen LogP contribution is 2.41. The molecule has 1 aromatic carbocycles. The molecule has 1 saturated heterocycles. The lowest BCUT2D eigenvalue weighted by atomic mass is 9.96. The van der Waals surface area contributed by atoms with Gasteiger partial charge in [0.25, 0.3) is 0 Å². The molecule has 0 aromatic heterocycles. The van der Waals surface area contributed by atoms with Gasteiger partial charge in [-0.1, -0.05) is 12.2 Å². The van der Waals surface area contributed by atoms with Gasteiger partial charge in [-0.25, -0.2) is 13.1 Å². The van der Waals surface area contributed by atoms with Crippen molar-refractivity contribution in [1.82, 2.24) is 4.72 Å². The first-order chi connectivity index (χ1) is 12.2. The third-order valence-corrected chi connectivity index (χ3v) is 6.43. The second kappa shape index (κ2) is 6.89. The minimum Gasteiger partial charge on any atom is -0.369 e. The molecule has 26 heavy (non-hydrogen) atoms. The Balaban J connectivity index is 1.96. The van der Waals surface area contributed by atoms with Crippen molar-refractivity contribution in [2.24, 2.45) is 5.73 Å². The number of nitrogens with one attached hydrogen (secondary N) is 1. The summed E-state index contributed by atoms with van der Waals surface area (Å²) >= 11 is 0. The van der Waals surface area contributed by atoms with Gasteiger partial charge in [0.05, 0.1) is 0 Å². The number of fused-ring (bicyclic) bond motifs is 1. The van der Waals surface area contributed by atoms with E-state index in [9.17, 15) is 13.2 Å². The normalized spacial score (nSPS) is 20.2. The first-order valence-electron chi connectivity index (χ1n) is 8.75. The summed E-state index contributed by atoms with van der Waals surface area (Å²) in [6.07, 6.45) is 2.41. The fourth-order valence-corrected chi connectivity index (χ4v) is 4.67. The fourth-order valence-electron chi connectivity index (χ4n) is 3.92. The number of benzene rings is 1. The van der Waals surface area contributed by atoms with Gasteiger partial charge in [-0.05, 0) is 56.4 Å². The monoisotopic (exact) mass is 375 g/mol. The summed E-state index contributed by atoms with van der Waals surface area (Å²) in [6.45, 7) is 8.92. The molecule has 1 fully saturated rings. The van der Waals surface area contributed by atoms with Crippen LogP contribution in [0.1, 0.15) is 48.2 Å². The van der Waals surface area contributed by atoms with Gasteiger partial charge in [0, 0.05) is 41.4 Å². The molecule has 3 rings (SSSR count). The van der Waals surface area contributed by atoms with Crippen molar-refractivity contribution in [3.05, 3.63) is 46.4 Å². The summed E-state index contributed by atoms with van der Waals surface area (Å²) in [4.78, 5) is 14.0. The largest absolute Gasteiger partial charge is 0.369 e. The molecule has 3 N–H and O–H groups in total. The van der Waals surface area contributed by atoms with E-state index in [4.69, 9.17) is 5.73 Å². The maximum Gasteiger partial charge on any atom is 0.249 e. The average Bonchev–Trinajstić information content (AvgIpc) is 2.89. The predicted molar refractivity (Wildman–Crippen MR) is 104 cm³/mol. The first kappa shape index (κ1) is 18.7. The molecular weight excluding hydrogens is 350 g/mol. The van der Waals surface area contributed by atoms with Gasteiger partial charge in [-0.15, -0.1) is 0 Å². The lowest BCUT2D eigenvalue weighted by Crippen LogP contribution is -2.47. The van der Waals surface area contributed by atoms with Crippen LogP contribution >= 0.6 is 0 Å². The van der Waals surface area contributed by atoms with Crippen molar-refractivity contribution < 1.29 is 13.2 Å². The summed E-state index contributed by atoms with van der Waals surface area (Å²) in [5.41, 5.74) is 11.6. The Bertz CT molecular complexity index is 903. The first-order valence-corrected chi connectivity index (χ1v) is 10.3. The Hall–Kier alpha value is -2.12. The van der Waals surface area contributed by atoms with E-state index in [1.165, 1.54) is 11.1 Å². The van der Waals surface area contributed by atoms with Crippen LogP contribution in [0.4, 0.5) is 5.69 Å². The number of carbonyl (C=O) groups excluding carboxylic acids is 1. The summed E-state index contributed by atoms with van der Waals surface area (Å²) < 4.78 is 26.3. The molecular formula is C19H25N3O3S. The molecule has 0 unspecified atom stereocenters. The van der Waals surface area contributed by atoms with Crippen LogP contribution in [0.25, 0.3) is 5.57 Å². The Labute approximate surface area is 154 Å². The van der Waals surface area contributed by atoms with Crippen LogP contribution in [0.5, 0.6) is 0 Å². The number of carbonyl (C=O) groups is 1. The summed E-state index contributed by atoms with van der Waals surface area (Å²) in [6, 6.07) is 3.57. The van der Waals surface area contributed by atoms with E-state index in [1.54, 1.807) is 6.07 Å². The SMILES string of the molecule is C=CS(=O)(=O)N[C@@H]1CCCN(c2ccc(C(N)=O)c3c2C(C)=C(C)C3)C1. The van der Waals surface area contributed by atoms with Gasteiger partial charge < -0.3 is 10.6 Å². The second-order valence-electron chi connectivity index (χ2n) is 7.05. The van der Waals surface area contributed by atoms with Crippen LogP contribution < -0.4 is 15.4 Å². The zero-order valence-electron chi connectivity index (χ0n) is 15.2. The number of anilines is 1. The molecule has 0 spiro atoms. The van der Waals surface area contributed by atoms with Gasteiger partial charge in [0.1, 0.15) is 0 Å². The number of hydrogen-bond acceptors (Lipinski definition) is 4. The summed E-state index contributed by atoms with van der Waals surface area (Å²) in [5.74, 6) is -0.412. The summed E-state index contributed by atoms with van der Waals surface area (Å²) in [7, 11) is -3.46. The van der Waals surface area contributed by atoms with Crippen molar-refractivity contribution in [3.63, 3.8) is 0 Å². The molecule has 2 aliphatic rings. The van der Waals surface area contributed by atoms with Crippen molar-refractivity contribution in [2.45, 2.75) is 39.2 Å². The van der Waals surface area contributed by atoms with E-state index in [0.29, 0.717) is 12.1 Å². The van der Waals surface area contributed by atoms with E-state index in [-0.39, 0.29) is 6.04 Å². The topological polar surface area (TPSA) is 92.5 Å². The van der Waals surface area contributed by atoms with E-state index in [2.05, 4.69) is 30.0 Å². The van der Waals surface area contributed by atoms with Gasteiger partial charge in [0.2, 0.25) is 15.9 Å². The number of nitrogens with zero attached hydrogens (tertiary/aromatic N) is 1. The van der Waals surface area contributed by atoms with Crippen LogP contribution in [-0.2, 0) is 16.4 Å². The maximum atomic E-state index is 11.8. The van der Waals surface area contributed by atoms with Crippen LogP contribution in [0.15, 0.2) is 29.7 Å². The molecule has 6 nitrogen and oxygen atoms in total. The zero-order chi connectivity index (χ0) is 19.1. The molecule has 7 heteroatoms. The number of sulfonamides is 1. The Morgan fingerprint density at radius 2 is 2.12 bits per heavy atom. The van der Waals surface area contributed by atoms with Gasteiger partial charge in [-0.2, -0.15) is 0 Å². The number of rotatable bonds is 5. The van der Waals surface area contributed by atoms with Crippen molar-refractivity contribution in [3.8, 4) is 0 Å². The standard InChI is InChI=1S/C19H25N3O3S/c1-4-26(24,25)21-14-6-5-9-22(11-14)17-8-7-15(19(20)23)16-10-12(2)13(3)18(16)17/h4,7-8,14,21H,1,5-6,9-11H2,2-3H3,(H2,20,23)/t14-/m1/s1. The number of amides is 1. The molecule has 0 radical (unpaired) electrons. The van der Waals surface area contributed by atoms with Gasteiger partial charge >= 0.3 is 0 Å². The van der Waals surface area contributed by atoms with Crippen LogP contribution in [0.2, 0.25) is 0 Å². The van der Waals surface area contributed by atoms with E-state index < -0.39 is 15.9 Å². The third kappa shape index (κ3) is 3.41. The molecule has 0 bridgehead atoms. The Kier molecular flexibility index (Phi) is 4.94. The van der Waals surface area contributed by atoms with E-state index in [1.807, 2.05) is 6.07 Å². The lowest BCUT2D eigenvalue weighted by molar-refractivity contribution is 0.0999. The smallest absolute Gasteiger partial charge is 0.249 e. The highest BCUT2D eigenvalue weighted by atomic mass is 32.2. The molecule has 1 aliphatic carbocycles. The fraction of sp³-hybridized carbons (Fsp3) is 0.421. The number of primary amides is 1. The minimum absolute atomic E-state index is 0.162. The minimum atomic E-state index is -3.46. The molecule has 140 valence electrons. The Morgan fingerprint density at radius 3 is 2.77 bits per heavy atom. The molecule has 1 aromatic rings. The van der Waals surface area contributed by atoms with Gasteiger partial charge in [-0.3, -0.25) is 4.79 Å². The Morgan fingerprint density at radius 1 is 1.38 bits per heavy atom. The lowest BCUT2D eigenvalue weighted by Gasteiger charge is -2.36. The molecule has 1 atom stereocenters. The van der Waals surface area contributed by atoms with Crippen LogP contribution in [0.3, 0.4) is 0 Å². The molecule has 1 amide bonds. The zero-order valence-corrected chi connectivity index (χ0v) is 16.0. The molecule has 1 heterocycles. The van der Waals surface area contributed by atoms with Crippen molar-refractivity contribution in [1.29, 1.82) is 0 Å². The highest BCUT2D eigenvalue weighted by Gasteiger charge is 2.29.